The minimum atomic E-state index is -3.90. The van der Waals surface area contributed by atoms with Gasteiger partial charge in [0.25, 0.3) is 0 Å². The molecule has 1 unspecified atom stereocenters. The highest BCUT2D eigenvalue weighted by molar-refractivity contribution is 7.92. The van der Waals surface area contributed by atoms with E-state index in [9.17, 15) is 18.0 Å². The molecule has 2 aromatic rings. The van der Waals surface area contributed by atoms with E-state index in [1.54, 1.807) is 12.1 Å². The number of benzene rings is 2. The van der Waals surface area contributed by atoms with E-state index in [4.69, 9.17) is 9.47 Å². The van der Waals surface area contributed by atoms with Crippen LogP contribution in [0.1, 0.15) is 32.8 Å². The number of sulfonamides is 1. The van der Waals surface area contributed by atoms with E-state index < -0.39 is 28.5 Å². The van der Waals surface area contributed by atoms with Crippen molar-refractivity contribution in [2.45, 2.75) is 39.8 Å². The number of rotatable bonds is 13. The van der Waals surface area contributed by atoms with Crippen molar-refractivity contribution in [1.82, 2.24) is 10.2 Å². The molecule has 2 rings (SSSR count). The molecule has 0 aromatic heterocycles. The lowest BCUT2D eigenvalue weighted by atomic mass is 10.1. The molecule has 0 aliphatic carbocycles. The molecular formula is C26H37N3O6S. The number of hydrogen-bond acceptors (Lipinski definition) is 6. The van der Waals surface area contributed by atoms with Gasteiger partial charge in [0, 0.05) is 19.2 Å². The Bertz CT molecular complexity index is 1120. The highest BCUT2D eigenvalue weighted by atomic mass is 32.2. The standard InChI is InChI=1S/C26H37N3O6S/c1-7-22(26(31)27-16-19(2)3)28(17-20-11-9-8-10-12-20)25(30)18-29(36(6,32)33)23-15-21(34-4)13-14-24(23)35-5/h8-15,19,22H,7,16-18H2,1-6H3,(H,27,31). The molecule has 0 aliphatic heterocycles. The summed E-state index contributed by atoms with van der Waals surface area (Å²) in [7, 11) is -1.02. The van der Waals surface area contributed by atoms with Crippen LogP contribution in [0.25, 0.3) is 0 Å². The molecule has 36 heavy (non-hydrogen) atoms. The summed E-state index contributed by atoms with van der Waals surface area (Å²) in [6, 6.07) is 13.2. The summed E-state index contributed by atoms with van der Waals surface area (Å²) in [6.45, 7) is 5.91. The van der Waals surface area contributed by atoms with Crippen molar-refractivity contribution in [1.29, 1.82) is 0 Å². The molecule has 0 heterocycles. The van der Waals surface area contributed by atoms with E-state index in [0.717, 1.165) is 16.1 Å². The van der Waals surface area contributed by atoms with Crippen molar-refractivity contribution in [2.75, 3.05) is 37.9 Å². The third kappa shape index (κ3) is 7.87. The number of ether oxygens (including phenoxy) is 2. The van der Waals surface area contributed by atoms with E-state index in [1.807, 2.05) is 51.1 Å². The second-order valence-corrected chi connectivity index (χ2v) is 10.8. The molecule has 0 saturated carbocycles. The number of methoxy groups -OCH3 is 2. The molecule has 0 fully saturated rings. The summed E-state index contributed by atoms with van der Waals surface area (Å²) in [4.78, 5) is 28.3. The maximum atomic E-state index is 13.7. The van der Waals surface area contributed by atoms with Gasteiger partial charge < -0.3 is 19.7 Å². The van der Waals surface area contributed by atoms with Crippen molar-refractivity contribution < 1.29 is 27.5 Å². The quantitative estimate of drug-likeness (QED) is 0.436. The Labute approximate surface area is 214 Å². The fourth-order valence-corrected chi connectivity index (χ4v) is 4.55. The summed E-state index contributed by atoms with van der Waals surface area (Å²) in [6.07, 6.45) is 1.39. The summed E-state index contributed by atoms with van der Waals surface area (Å²) < 4.78 is 37.3. The van der Waals surface area contributed by atoms with Gasteiger partial charge in [0.05, 0.1) is 26.2 Å². The molecular weight excluding hydrogens is 482 g/mol. The monoisotopic (exact) mass is 519 g/mol. The number of hydrogen-bond donors (Lipinski definition) is 1. The van der Waals surface area contributed by atoms with Crippen molar-refractivity contribution in [3.05, 3.63) is 54.1 Å². The molecule has 0 aliphatic rings. The fourth-order valence-electron chi connectivity index (χ4n) is 3.71. The van der Waals surface area contributed by atoms with Crippen LogP contribution in [0, 0.1) is 5.92 Å². The van der Waals surface area contributed by atoms with Crippen LogP contribution in [0.15, 0.2) is 48.5 Å². The van der Waals surface area contributed by atoms with Gasteiger partial charge in [0.2, 0.25) is 21.8 Å². The number of anilines is 1. The lowest BCUT2D eigenvalue weighted by Crippen LogP contribution is -2.52. The molecule has 2 aromatic carbocycles. The van der Waals surface area contributed by atoms with Crippen molar-refractivity contribution >= 4 is 27.5 Å². The Balaban J connectivity index is 2.48. The SMILES string of the molecule is CCC(C(=O)NCC(C)C)N(Cc1ccccc1)C(=O)CN(c1cc(OC)ccc1OC)S(C)(=O)=O. The van der Waals surface area contributed by atoms with Crippen molar-refractivity contribution in [2.24, 2.45) is 5.92 Å². The third-order valence-electron chi connectivity index (χ3n) is 5.60. The van der Waals surface area contributed by atoms with E-state index in [-0.39, 0.29) is 29.8 Å². The van der Waals surface area contributed by atoms with Gasteiger partial charge in [-0.1, -0.05) is 51.1 Å². The van der Waals surface area contributed by atoms with Gasteiger partial charge in [-0.2, -0.15) is 0 Å². The van der Waals surface area contributed by atoms with Crippen LogP contribution in [-0.4, -0.2) is 64.7 Å². The molecule has 0 saturated heterocycles. The number of amides is 2. The maximum absolute atomic E-state index is 13.7. The lowest BCUT2D eigenvalue weighted by Gasteiger charge is -2.33. The Hall–Kier alpha value is -3.27. The average molecular weight is 520 g/mol. The zero-order chi connectivity index (χ0) is 26.9. The molecule has 1 atom stereocenters. The Morgan fingerprint density at radius 2 is 1.69 bits per heavy atom. The molecule has 1 N–H and O–H groups in total. The smallest absolute Gasteiger partial charge is 0.244 e. The molecule has 2 amide bonds. The van der Waals surface area contributed by atoms with Gasteiger partial charge >= 0.3 is 0 Å². The topological polar surface area (TPSA) is 105 Å². The van der Waals surface area contributed by atoms with Crippen LogP contribution in [-0.2, 0) is 26.2 Å². The summed E-state index contributed by atoms with van der Waals surface area (Å²) in [5.41, 5.74) is 0.996. The zero-order valence-electron chi connectivity index (χ0n) is 21.9. The van der Waals surface area contributed by atoms with E-state index >= 15 is 0 Å². The van der Waals surface area contributed by atoms with Crippen LogP contribution < -0.4 is 19.1 Å². The van der Waals surface area contributed by atoms with E-state index in [1.165, 1.54) is 25.2 Å². The molecule has 0 radical (unpaired) electrons. The lowest BCUT2D eigenvalue weighted by molar-refractivity contribution is -0.140. The van der Waals surface area contributed by atoms with Gasteiger partial charge in [0.15, 0.2) is 0 Å². The highest BCUT2D eigenvalue weighted by Gasteiger charge is 2.32. The van der Waals surface area contributed by atoms with Crippen molar-refractivity contribution in [3.8, 4) is 11.5 Å². The third-order valence-corrected chi connectivity index (χ3v) is 6.73. The van der Waals surface area contributed by atoms with E-state index in [2.05, 4.69) is 5.32 Å². The first-order valence-electron chi connectivity index (χ1n) is 11.8. The zero-order valence-corrected chi connectivity index (χ0v) is 22.7. The number of carbonyl (C=O) groups excluding carboxylic acids is 2. The maximum Gasteiger partial charge on any atom is 0.244 e. The second kappa shape index (κ2) is 13.2. The summed E-state index contributed by atoms with van der Waals surface area (Å²) in [5.74, 6) is 0.130. The molecule has 9 nitrogen and oxygen atoms in total. The first kappa shape index (κ1) is 29.0. The van der Waals surface area contributed by atoms with Crippen LogP contribution in [0.3, 0.4) is 0 Å². The van der Waals surface area contributed by atoms with Crippen molar-refractivity contribution in [3.63, 3.8) is 0 Å². The summed E-state index contributed by atoms with van der Waals surface area (Å²) in [5, 5.41) is 2.90. The fraction of sp³-hybridized carbons (Fsp3) is 0.462. The highest BCUT2D eigenvalue weighted by Crippen LogP contribution is 2.34. The van der Waals surface area contributed by atoms with Crippen LogP contribution in [0.2, 0.25) is 0 Å². The predicted octanol–water partition coefficient (Wildman–Crippen LogP) is 3.05. The Morgan fingerprint density at radius 1 is 1.03 bits per heavy atom. The van der Waals surface area contributed by atoms with Gasteiger partial charge in [-0.25, -0.2) is 8.42 Å². The predicted molar refractivity (Wildman–Crippen MR) is 141 cm³/mol. The molecule has 0 spiro atoms. The summed E-state index contributed by atoms with van der Waals surface area (Å²) >= 11 is 0. The van der Waals surface area contributed by atoms with Crippen LogP contribution >= 0.6 is 0 Å². The molecule has 0 bridgehead atoms. The van der Waals surface area contributed by atoms with Crippen LogP contribution in [0.5, 0.6) is 11.5 Å². The van der Waals surface area contributed by atoms with Gasteiger partial charge in [0.1, 0.15) is 24.1 Å². The minimum absolute atomic E-state index is 0.153. The number of nitrogens with zero attached hydrogens (tertiary/aromatic N) is 2. The van der Waals surface area contributed by atoms with Crippen LogP contribution in [0.4, 0.5) is 5.69 Å². The van der Waals surface area contributed by atoms with Gasteiger partial charge in [-0.3, -0.25) is 13.9 Å². The largest absolute Gasteiger partial charge is 0.497 e. The second-order valence-electron chi connectivity index (χ2n) is 8.88. The van der Waals surface area contributed by atoms with E-state index in [0.29, 0.717) is 18.7 Å². The van der Waals surface area contributed by atoms with Gasteiger partial charge in [-0.05, 0) is 30.0 Å². The normalized spacial score (nSPS) is 12.1. The van der Waals surface area contributed by atoms with Gasteiger partial charge in [-0.15, -0.1) is 0 Å². The Morgan fingerprint density at radius 3 is 2.22 bits per heavy atom. The Kier molecular flexibility index (Phi) is 10.6. The molecule has 198 valence electrons. The number of carbonyl (C=O) groups is 2. The average Bonchev–Trinajstić information content (AvgIpc) is 2.85. The number of nitrogens with one attached hydrogen (secondary N) is 1. The first-order chi connectivity index (χ1) is 17.0. The molecule has 10 heteroatoms. The first-order valence-corrected chi connectivity index (χ1v) is 13.7. The minimum Gasteiger partial charge on any atom is -0.497 e.